The van der Waals surface area contributed by atoms with Crippen LogP contribution in [0.25, 0.3) is 0 Å². The molecule has 3 rings (SSSR count). The van der Waals surface area contributed by atoms with E-state index in [2.05, 4.69) is 20.8 Å². The van der Waals surface area contributed by atoms with Gasteiger partial charge in [0.2, 0.25) is 11.0 Å². The Morgan fingerprint density at radius 3 is 2.37 bits per heavy atom. The number of non-ortho nitro benzene ring substituents is 1. The quantitative estimate of drug-likeness (QED) is 0.244. The van der Waals surface area contributed by atoms with Crippen LogP contribution in [-0.2, 0) is 4.79 Å². The van der Waals surface area contributed by atoms with Gasteiger partial charge in [-0.3, -0.25) is 25.0 Å². The Kier molecular flexibility index (Phi) is 6.75. The number of anilines is 2. The van der Waals surface area contributed by atoms with Crippen molar-refractivity contribution in [2.24, 2.45) is 0 Å². The molecule has 0 saturated heterocycles. The molecule has 154 valence electrons. The Balaban J connectivity index is 1.52. The first-order valence-corrected chi connectivity index (χ1v) is 10.5. The van der Waals surface area contributed by atoms with Crippen LogP contribution in [0.15, 0.2) is 46.8 Å². The minimum atomic E-state index is -0.507. The van der Waals surface area contributed by atoms with Crippen molar-refractivity contribution in [1.29, 1.82) is 0 Å². The summed E-state index contributed by atoms with van der Waals surface area (Å²) in [6, 6.07) is 11.1. The molecule has 0 radical (unpaired) electrons. The van der Waals surface area contributed by atoms with E-state index in [9.17, 15) is 19.7 Å². The molecule has 0 atom stereocenters. The molecule has 0 spiro atoms. The van der Waals surface area contributed by atoms with Gasteiger partial charge in [-0.05, 0) is 38.1 Å². The van der Waals surface area contributed by atoms with Gasteiger partial charge in [-0.25, -0.2) is 0 Å². The van der Waals surface area contributed by atoms with E-state index in [-0.39, 0.29) is 23.3 Å². The summed E-state index contributed by atoms with van der Waals surface area (Å²) in [4.78, 5) is 34.6. The minimum absolute atomic E-state index is 0.0494. The Labute approximate surface area is 180 Å². The number of hydrogen-bond donors (Lipinski definition) is 2. The lowest BCUT2D eigenvalue weighted by atomic mass is 10.1. The van der Waals surface area contributed by atoms with Crippen molar-refractivity contribution >= 4 is 51.4 Å². The van der Waals surface area contributed by atoms with Crippen molar-refractivity contribution in [3.05, 3.63) is 69.3 Å². The Morgan fingerprint density at radius 1 is 1.07 bits per heavy atom. The first kappa shape index (κ1) is 21.4. The summed E-state index contributed by atoms with van der Waals surface area (Å²) in [6.07, 6.45) is 0. The molecule has 0 aliphatic carbocycles. The van der Waals surface area contributed by atoms with E-state index in [0.717, 1.165) is 11.1 Å². The molecule has 0 unspecified atom stereocenters. The molecule has 0 saturated carbocycles. The average molecular weight is 444 g/mol. The third kappa shape index (κ3) is 5.84. The van der Waals surface area contributed by atoms with Crippen molar-refractivity contribution in [2.75, 3.05) is 16.4 Å². The van der Waals surface area contributed by atoms with Crippen molar-refractivity contribution in [1.82, 2.24) is 10.2 Å². The van der Waals surface area contributed by atoms with E-state index in [1.54, 1.807) is 12.1 Å². The van der Waals surface area contributed by atoms with E-state index < -0.39 is 4.92 Å². The monoisotopic (exact) mass is 443 g/mol. The highest BCUT2D eigenvalue weighted by Crippen LogP contribution is 2.26. The number of benzene rings is 2. The van der Waals surface area contributed by atoms with Crippen molar-refractivity contribution in [3.8, 4) is 0 Å². The summed E-state index contributed by atoms with van der Waals surface area (Å²) in [7, 11) is 0. The first-order chi connectivity index (χ1) is 14.3. The number of amides is 2. The highest BCUT2D eigenvalue weighted by molar-refractivity contribution is 8.01. The van der Waals surface area contributed by atoms with Gasteiger partial charge in [-0.1, -0.05) is 40.3 Å². The second-order valence-electron chi connectivity index (χ2n) is 6.34. The Hall–Kier alpha value is -3.31. The molecule has 1 heterocycles. The fourth-order valence-electron chi connectivity index (χ4n) is 2.58. The SMILES string of the molecule is Cc1cc(C)cc(C(=O)Nc2nnc(SCC(=O)Nc3ccc([N+](=O)[O-])cc3)s2)c1. The maximum absolute atomic E-state index is 12.4. The zero-order valence-corrected chi connectivity index (χ0v) is 17.7. The molecule has 11 heteroatoms. The number of nitro groups is 1. The van der Waals surface area contributed by atoms with Crippen molar-refractivity contribution in [3.63, 3.8) is 0 Å². The summed E-state index contributed by atoms with van der Waals surface area (Å²) in [6.45, 7) is 3.84. The largest absolute Gasteiger partial charge is 0.325 e. The van der Waals surface area contributed by atoms with E-state index >= 15 is 0 Å². The summed E-state index contributed by atoms with van der Waals surface area (Å²) in [5.41, 5.74) is 2.94. The Bertz CT molecular complexity index is 1080. The first-order valence-electron chi connectivity index (χ1n) is 8.70. The fraction of sp³-hybridized carbons (Fsp3) is 0.158. The number of nitro benzene ring substituents is 1. The van der Waals surface area contributed by atoms with Crippen LogP contribution in [-0.4, -0.2) is 32.7 Å². The highest BCUT2D eigenvalue weighted by atomic mass is 32.2. The van der Waals surface area contributed by atoms with Gasteiger partial charge in [0.15, 0.2) is 4.34 Å². The number of nitrogens with zero attached hydrogens (tertiary/aromatic N) is 3. The molecular formula is C19H17N5O4S2. The van der Waals surface area contributed by atoms with E-state index in [0.29, 0.717) is 20.7 Å². The van der Waals surface area contributed by atoms with Crippen LogP contribution in [0.1, 0.15) is 21.5 Å². The van der Waals surface area contributed by atoms with Crippen LogP contribution in [0.3, 0.4) is 0 Å². The third-order valence-corrected chi connectivity index (χ3v) is 5.77. The van der Waals surface area contributed by atoms with Gasteiger partial charge in [-0.15, -0.1) is 10.2 Å². The third-order valence-electron chi connectivity index (χ3n) is 3.80. The molecule has 1 aromatic heterocycles. The summed E-state index contributed by atoms with van der Waals surface area (Å²) in [5, 5.41) is 24.3. The number of aromatic nitrogens is 2. The van der Waals surface area contributed by atoms with Crippen LogP contribution in [0.5, 0.6) is 0 Å². The molecule has 0 fully saturated rings. The number of hydrogen-bond acceptors (Lipinski definition) is 8. The zero-order valence-electron chi connectivity index (χ0n) is 16.0. The summed E-state index contributed by atoms with van der Waals surface area (Å²) < 4.78 is 0.532. The predicted molar refractivity (Wildman–Crippen MR) is 116 cm³/mol. The predicted octanol–water partition coefficient (Wildman–Crippen LogP) is 4.05. The lowest BCUT2D eigenvalue weighted by Crippen LogP contribution is -2.13. The van der Waals surface area contributed by atoms with E-state index in [1.807, 2.05) is 19.9 Å². The zero-order chi connectivity index (χ0) is 21.7. The number of carbonyl (C=O) groups excluding carboxylic acids is 2. The molecule has 0 bridgehead atoms. The van der Waals surface area contributed by atoms with Gasteiger partial charge in [0.05, 0.1) is 10.7 Å². The molecule has 30 heavy (non-hydrogen) atoms. The van der Waals surface area contributed by atoms with Crippen LogP contribution >= 0.6 is 23.1 Å². The molecular weight excluding hydrogens is 426 g/mol. The fourth-order valence-corrected chi connectivity index (χ4v) is 4.13. The molecule has 2 N–H and O–H groups in total. The van der Waals surface area contributed by atoms with Gasteiger partial charge in [-0.2, -0.15) is 0 Å². The molecule has 2 amide bonds. The second kappa shape index (κ2) is 9.46. The van der Waals surface area contributed by atoms with E-state index in [1.165, 1.54) is 47.4 Å². The molecule has 0 aliphatic rings. The summed E-state index contributed by atoms with van der Waals surface area (Å²) >= 11 is 2.35. The van der Waals surface area contributed by atoms with Gasteiger partial charge in [0.1, 0.15) is 0 Å². The van der Waals surface area contributed by atoms with Gasteiger partial charge >= 0.3 is 0 Å². The molecule has 9 nitrogen and oxygen atoms in total. The highest BCUT2D eigenvalue weighted by Gasteiger charge is 2.13. The number of nitrogens with one attached hydrogen (secondary N) is 2. The average Bonchev–Trinajstić information content (AvgIpc) is 3.13. The number of aryl methyl sites for hydroxylation is 2. The molecule has 3 aromatic rings. The van der Waals surface area contributed by atoms with E-state index in [4.69, 9.17) is 0 Å². The second-order valence-corrected chi connectivity index (χ2v) is 8.54. The topological polar surface area (TPSA) is 127 Å². The standard InChI is InChI=1S/C19H17N5O4S2/c1-11-7-12(2)9-13(8-11)17(26)21-18-22-23-19(30-18)29-10-16(25)20-14-3-5-15(6-4-14)24(27)28/h3-9H,10H2,1-2H3,(H,20,25)(H,21,22,26). The smallest absolute Gasteiger partial charge is 0.269 e. The maximum Gasteiger partial charge on any atom is 0.269 e. The Morgan fingerprint density at radius 2 is 1.73 bits per heavy atom. The van der Waals surface area contributed by atoms with Crippen LogP contribution in [0.4, 0.5) is 16.5 Å². The molecule has 0 aliphatic heterocycles. The van der Waals surface area contributed by atoms with Crippen LogP contribution in [0.2, 0.25) is 0 Å². The minimum Gasteiger partial charge on any atom is -0.325 e. The lowest BCUT2D eigenvalue weighted by molar-refractivity contribution is -0.384. The number of carbonyl (C=O) groups is 2. The summed E-state index contributed by atoms with van der Waals surface area (Å²) in [5.74, 6) is -0.480. The van der Waals surface area contributed by atoms with Gasteiger partial charge in [0.25, 0.3) is 11.6 Å². The van der Waals surface area contributed by atoms with Crippen molar-refractivity contribution in [2.45, 2.75) is 18.2 Å². The van der Waals surface area contributed by atoms with Crippen LogP contribution in [0, 0.1) is 24.0 Å². The van der Waals surface area contributed by atoms with Crippen molar-refractivity contribution < 1.29 is 14.5 Å². The van der Waals surface area contributed by atoms with Gasteiger partial charge < -0.3 is 5.32 Å². The number of thioether (sulfide) groups is 1. The maximum atomic E-state index is 12.4. The molecule has 2 aromatic carbocycles. The lowest BCUT2D eigenvalue weighted by Gasteiger charge is -2.04. The normalized spacial score (nSPS) is 10.5. The number of rotatable bonds is 7. The van der Waals surface area contributed by atoms with Crippen LogP contribution < -0.4 is 10.6 Å². The van der Waals surface area contributed by atoms with Gasteiger partial charge in [0, 0.05) is 23.4 Å².